The minimum Gasteiger partial charge on any atom is -0.392 e. The Balaban J connectivity index is 0.000000293. The molecule has 3 rings (SSSR count). The first-order valence-corrected chi connectivity index (χ1v) is 11.3. The van der Waals surface area contributed by atoms with Gasteiger partial charge in [-0.1, -0.05) is 61.2 Å². The maximum atomic E-state index is 13.3. The number of halogens is 3. The Hall–Kier alpha value is -3.22. The molecule has 36 heavy (non-hydrogen) atoms. The normalized spacial score (nSPS) is 17.0. The fourth-order valence-electron chi connectivity index (χ4n) is 2.91. The summed E-state index contributed by atoms with van der Waals surface area (Å²) >= 11 is 0. The number of ether oxygens (including phenoxy) is 2. The molecule has 2 N–H and O–H groups in total. The van der Waals surface area contributed by atoms with Crippen LogP contribution >= 0.6 is 0 Å². The van der Waals surface area contributed by atoms with Crippen molar-refractivity contribution < 1.29 is 32.9 Å². The second-order valence-electron chi connectivity index (χ2n) is 7.59. The molecule has 1 heterocycles. The van der Waals surface area contributed by atoms with E-state index in [0.717, 1.165) is 12.8 Å². The van der Waals surface area contributed by atoms with Crippen molar-refractivity contribution >= 4 is 0 Å². The number of hydrogen-bond donors (Lipinski definition) is 2. The summed E-state index contributed by atoms with van der Waals surface area (Å²) in [5.74, 6) is -1.18. The van der Waals surface area contributed by atoms with Crippen LogP contribution in [-0.2, 0) is 22.7 Å². The van der Waals surface area contributed by atoms with Gasteiger partial charge in [-0.15, -0.1) is 0 Å². The first kappa shape index (κ1) is 30.8. The third-order valence-corrected chi connectivity index (χ3v) is 4.91. The molecule has 2 atom stereocenters. The van der Waals surface area contributed by atoms with Gasteiger partial charge in [0.15, 0.2) is 0 Å². The highest BCUT2D eigenvalue weighted by Gasteiger charge is 2.24. The summed E-state index contributed by atoms with van der Waals surface area (Å²) in [6, 6.07) is 14.8. The predicted octanol–water partition coefficient (Wildman–Crippen LogP) is 5.70. The first-order valence-electron chi connectivity index (χ1n) is 11.3. The van der Waals surface area contributed by atoms with Crippen LogP contribution in [0, 0.1) is 23.0 Å². The lowest BCUT2D eigenvalue weighted by Gasteiger charge is -2.11. The summed E-state index contributed by atoms with van der Waals surface area (Å²) in [5, 5.41) is 25.7. The van der Waals surface area contributed by atoms with Crippen LogP contribution in [0.25, 0.3) is 0 Å². The third-order valence-electron chi connectivity index (χ3n) is 4.91. The van der Waals surface area contributed by atoms with Gasteiger partial charge >= 0.3 is 0 Å². The minimum absolute atomic E-state index is 0.0357. The van der Waals surface area contributed by atoms with Crippen molar-refractivity contribution in [3.8, 4) is 6.07 Å². The standard InChI is InChI=1S/C13H14FNO2.C8H11FO.C7H7FO/c14-13-4-2-1-3-10(13)8-16-9-12-6-5-11(7-15)17-12;1-3-4-5-8(6-10)7(2)9;8-7-4-2-1-3-6(7)5-9/h1-4,11-12H,5-6,8-9H2;3-5,10H,2,6H2,1H3;1-4,9H,5H2/b;4-3-,8-5-;/t11-,12+;;/m1../s1. The van der Waals surface area contributed by atoms with E-state index >= 15 is 0 Å². The van der Waals surface area contributed by atoms with Crippen LogP contribution in [0.1, 0.15) is 30.9 Å². The minimum atomic E-state index is -0.583. The van der Waals surface area contributed by atoms with Crippen molar-refractivity contribution in [1.82, 2.24) is 0 Å². The predicted molar refractivity (Wildman–Crippen MR) is 132 cm³/mol. The van der Waals surface area contributed by atoms with E-state index in [1.807, 2.05) is 6.92 Å². The van der Waals surface area contributed by atoms with E-state index < -0.39 is 5.83 Å². The largest absolute Gasteiger partial charge is 0.392 e. The van der Waals surface area contributed by atoms with Crippen molar-refractivity contribution in [3.05, 3.63) is 107 Å². The molecule has 1 saturated heterocycles. The fraction of sp³-hybridized carbons (Fsp3) is 0.321. The number of aliphatic hydroxyl groups excluding tert-OH is 2. The van der Waals surface area contributed by atoms with E-state index in [1.165, 1.54) is 18.2 Å². The van der Waals surface area contributed by atoms with Gasteiger partial charge in [0, 0.05) is 16.7 Å². The zero-order chi connectivity index (χ0) is 26.8. The van der Waals surface area contributed by atoms with Crippen molar-refractivity contribution in [1.29, 1.82) is 5.26 Å². The molecule has 8 heteroatoms. The van der Waals surface area contributed by atoms with Crippen molar-refractivity contribution in [3.63, 3.8) is 0 Å². The Morgan fingerprint density at radius 1 is 1.11 bits per heavy atom. The second-order valence-corrected chi connectivity index (χ2v) is 7.59. The van der Waals surface area contributed by atoms with Crippen molar-refractivity contribution in [2.45, 2.75) is 45.2 Å². The van der Waals surface area contributed by atoms with Gasteiger partial charge < -0.3 is 19.7 Å². The van der Waals surface area contributed by atoms with E-state index in [-0.39, 0.29) is 49.2 Å². The smallest absolute Gasteiger partial charge is 0.144 e. The summed E-state index contributed by atoms with van der Waals surface area (Å²) in [6.07, 6.45) is 6.13. The van der Waals surface area contributed by atoms with Gasteiger partial charge in [0.05, 0.1) is 38.6 Å². The highest BCUT2D eigenvalue weighted by Crippen LogP contribution is 2.19. The number of rotatable bonds is 8. The van der Waals surface area contributed by atoms with Crippen LogP contribution in [0.2, 0.25) is 0 Å². The number of aliphatic hydroxyl groups is 2. The Bertz CT molecular complexity index is 1030. The average molecular weight is 504 g/mol. The molecule has 2 aromatic rings. The highest BCUT2D eigenvalue weighted by atomic mass is 19.1. The van der Waals surface area contributed by atoms with Crippen molar-refractivity contribution in [2.75, 3.05) is 13.2 Å². The van der Waals surface area contributed by atoms with E-state index in [0.29, 0.717) is 17.7 Å². The molecule has 0 bridgehead atoms. The monoisotopic (exact) mass is 503 g/mol. The molecule has 1 aliphatic rings. The Morgan fingerprint density at radius 2 is 1.72 bits per heavy atom. The number of hydrogen-bond acceptors (Lipinski definition) is 5. The number of allylic oxidation sites excluding steroid dienone is 3. The molecule has 0 unspecified atom stereocenters. The summed E-state index contributed by atoms with van der Waals surface area (Å²) < 4.78 is 48.7. The average Bonchev–Trinajstić information content (AvgIpc) is 3.35. The summed E-state index contributed by atoms with van der Waals surface area (Å²) in [6.45, 7) is 4.98. The van der Waals surface area contributed by atoms with Gasteiger partial charge in [-0.2, -0.15) is 5.26 Å². The molecule has 0 amide bonds. The zero-order valence-corrected chi connectivity index (χ0v) is 20.2. The molecule has 5 nitrogen and oxygen atoms in total. The number of nitriles is 1. The zero-order valence-electron chi connectivity index (χ0n) is 20.2. The van der Waals surface area contributed by atoms with Gasteiger partial charge in [0.2, 0.25) is 0 Å². The molecule has 1 fully saturated rings. The van der Waals surface area contributed by atoms with E-state index in [9.17, 15) is 13.2 Å². The highest BCUT2D eigenvalue weighted by molar-refractivity contribution is 5.26. The number of nitrogens with zero attached hydrogens (tertiary/aromatic N) is 1. The Labute approximate surface area is 210 Å². The summed E-state index contributed by atoms with van der Waals surface area (Å²) in [7, 11) is 0. The lowest BCUT2D eigenvalue weighted by molar-refractivity contribution is -0.00561. The summed E-state index contributed by atoms with van der Waals surface area (Å²) in [4.78, 5) is 0. The third kappa shape index (κ3) is 12.0. The Kier molecular flexibility index (Phi) is 15.5. The number of benzene rings is 2. The van der Waals surface area contributed by atoms with Gasteiger partial charge in [-0.05, 0) is 31.9 Å². The molecule has 0 aliphatic carbocycles. The maximum Gasteiger partial charge on any atom is 0.144 e. The van der Waals surface area contributed by atoms with E-state index in [2.05, 4.69) is 12.6 Å². The first-order chi connectivity index (χ1) is 17.4. The van der Waals surface area contributed by atoms with Gasteiger partial charge in [-0.25, -0.2) is 13.2 Å². The molecule has 194 valence electrons. The van der Waals surface area contributed by atoms with Crippen LogP contribution in [0.5, 0.6) is 0 Å². The SMILES string of the molecule is C=C(F)/C(=C\C=C/C)CO.N#C[C@H]1CC[C@@H](COCc2ccccc2F)O1.OCc1ccccc1F. The van der Waals surface area contributed by atoms with Crippen LogP contribution in [0.4, 0.5) is 13.2 Å². The molecule has 0 radical (unpaired) electrons. The molecule has 0 aromatic heterocycles. The van der Waals surface area contributed by atoms with Crippen LogP contribution in [-0.4, -0.2) is 35.6 Å². The molecular formula is C28H32F3NO4. The Morgan fingerprint density at radius 3 is 2.17 bits per heavy atom. The molecule has 0 spiro atoms. The molecule has 2 aromatic carbocycles. The molecule has 1 aliphatic heterocycles. The second kappa shape index (κ2) is 18.1. The van der Waals surface area contributed by atoms with E-state index in [4.69, 9.17) is 24.9 Å². The van der Waals surface area contributed by atoms with Crippen molar-refractivity contribution in [2.24, 2.45) is 0 Å². The quantitative estimate of drug-likeness (QED) is 0.452. The van der Waals surface area contributed by atoms with Crippen LogP contribution in [0.15, 0.2) is 84.7 Å². The fourth-order valence-corrected chi connectivity index (χ4v) is 2.91. The lowest BCUT2D eigenvalue weighted by atomic mass is 10.2. The van der Waals surface area contributed by atoms with E-state index in [1.54, 1.807) is 48.6 Å². The molecular weight excluding hydrogens is 471 g/mol. The van der Waals surface area contributed by atoms with Gasteiger partial charge in [-0.3, -0.25) is 0 Å². The summed E-state index contributed by atoms with van der Waals surface area (Å²) in [5.41, 5.74) is 1.11. The maximum absolute atomic E-state index is 13.3. The topological polar surface area (TPSA) is 82.7 Å². The van der Waals surface area contributed by atoms with Crippen LogP contribution < -0.4 is 0 Å². The van der Waals surface area contributed by atoms with Crippen LogP contribution in [0.3, 0.4) is 0 Å². The lowest BCUT2D eigenvalue weighted by Crippen LogP contribution is -2.16. The van der Waals surface area contributed by atoms with Gasteiger partial charge in [0.25, 0.3) is 0 Å². The van der Waals surface area contributed by atoms with Gasteiger partial charge in [0.1, 0.15) is 23.6 Å². The molecule has 0 saturated carbocycles.